The van der Waals surface area contributed by atoms with E-state index in [2.05, 4.69) is 26.0 Å². The first-order chi connectivity index (χ1) is 5.21. The van der Waals surface area contributed by atoms with E-state index in [1.165, 1.54) is 31.3 Å². The lowest BCUT2D eigenvalue weighted by atomic mass is 9.88. The Morgan fingerprint density at radius 3 is 2.36 bits per heavy atom. The van der Waals surface area contributed by atoms with Crippen LogP contribution in [0.1, 0.15) is 39.5 Å². The zero-order chi connectivity index (χ0) is 7.90. The molecule has 0 nitrogen and oxygen atoms in total. The average molecular weight is 148 g/mol. The zero-order valence-corrected chi connectivity index (χ0v) is 7.48. The van der Waals surface area contributed by atoms with Crippen LogP contribution in [0.15, 0.2) is 23.3 Å². The van der Waals surface area contributed by atoms with E-state index in [1.54, 1.807) is 5.57 Å². The Morgan fingerprint density at radius 1 is 1.18 bits per heavy atom. The molecule has 1 fully saturated rings. The van der Waals surface area contributed by atoms with Crippen molar-refractivity contribution in [3.63, 3.8) is 0 Å². The van der Waals surface area contributed by atoms with Crippen molar-refractivity contribution in [1.82, 2.24) is 0 Å². The summed E-state index contributed by atoms with van der Waals surface area (Å²) in [5.41, 5.74) is 3.86. The van der Waals surface area contributed by atoms with Gasteiger partial charge in [0.1, 0.15) is 0 Å². The van der Waals surface area contributed by atoms with E-state index in [-0.39, 0.29) is 0 Å². The number of hydrogen-bond acceptors (Lipinski definition) is 0. The molecule has 0 aromatic carbocycles. The van der Waals surface area contributed by atoms with Crippen molar-refractivity contribution < 1.29 is 0 Å². The van der Waals surface area contributed by atoms with Crippen molar-refractivity contribution in [3.05, 3.63) is 23.3 Å². The highest BCUT2D eigenvalue weighted by atomic mass is 14.4. The molecule has 2 rings (SSSR count). The molecule has 0 spiro atoms. The molecular formula is C11H16. The summed E-state index contributed by atoms with van der Waals surface area (Å²) in [5.74, 6) is 0. The lowest BCUT2D eigenvalue weighted by Crippen LogP contribution is -2.01. The lowest BCUT2D eigenvalue weighted by molar-refractivity contribution is 0.636. The second-order valence-corrected chi connectivity index (χ2v) is 4.27. The summed E-state index contributed by atoms with van der Waals surface area (Å²) in [5, 5.41) is 0. The van der Waals surface area contributed by atoms with E-state index in [0.29, 0.717) is 5.41 Å². The van der Waals surface area contributed by atoms with Crippen LogP contribution in [0.4, 0.5) is 0 Å². The largest absolute Gasteiger partial charge is 0.0730 e. The predicted molar refractivity (Wildman–Crippen MR) is 48.4 cm³/mol. The Morgan fingerprint density at radius 2 is 1.91 bits per heavy atom. The van der Waals surface area contributed by atoms with Crippen LogP contribution in [0.2, 0.25) is 0 Å². The molecule has 2 aliphatic carbocycles. The third-order valence-electron chi connectivity index (χ3n) is 3.13. The molecule has 0 saturated heterocycles. The molecule has 0 aliphatic heterocycles. The van der Waals surface area contributed by atoms with Crippen LogP contribution >= 0.6 is 0 Å². The van der Waals surface area contributed by atoms with Gasteiger partial charge in [-0.05, 0) is 38.0 Å². The van der Waals surface area contributed by atoms with Gasteiger partial charge in [-0.1, -0.05) is 30.2 Å². The minimum atomic E-state index is 0.622. The summed E-state index contributed by atoms with van der Waals surface area (Å²) in [6, 6.07) is 0. The monoisotopic (exact) mass is 148 g/mol. The third kappa shape index (κ3) is 1.26. The van der Waals surface area contributed by atoms with Gasteiger partial charge in [0.25, 0.3) is 0 Å². The van der Waals surface area contributed by atoms with Crippen molar-refractivity contribution in [2.75, 3.05) is 0 Å². The Balaban J connectivity index is 2.16. The van der Waals surface area contributed by atoms with Crippen LogP contribution in [0.5, 0.6) is 0 Å². The van der Waals surface area contributed by atoms with Crippen LogP contribution in [0.25, 0.3) is 0 Å². The van der Waals surface area contributed by atoms with Crippen molar-refractivity contribution >= 4 is 0 Å². The van der Waals surface area contributed by atoms with Gasteiger partial charge < -0.3 is 0 Å². The van der Waals surface area contributed by atoms with Gasteiger partial charge in [-0.15, -0.1) is 0 Å². The molecule has 11 heavy (non-hydrogen) atoms. The van der Waals surface area contributed by atoms with Crippen LogP contribution in [-0.4, -0.2) is 0 Å². The van der Waals surface area contributed by atoms with Crippen LogP contribution in [0, 0.1) is 5.41 Å². The Kier molecular flexibility index (Phi) is 1.45. The minimum Gasteiger partial charge on any atom is -0.0730 e. The molecule has 0 bridgehead atoms. The fraction of sp³-hybridized carbons (Fsp3) is 0.636. The molecule has 0 unspecified atom stereocenters. The summed E-state index contributed by atoms with van der Waals surface area (Å²) in [7, 11) is 0. The maximum Gasteiger partial charge on any atom is -0.0113 e. The summed E-state index contributed by atoms with van der Waals surface area (Å²) in [6.07, 6.45) is 10.1. The number of hydrogen-bond donors (Lipinski definition) is 0. The average Bonchev–Trinajstić information content (AvgIpc) is 2.70. The molecular weight excluding hydrogens is 132 g/mol. The van der Waals surface area contributed by atoms with E-state index in [4.69, 9.17) is 0 Å². The highest BCUT2D eigenvalue weighted by Crippen LogP contribution is 2.53. The fourth-order valence-electron chi connectivity index (χ4n) is 1.75. The molecule has 1 saturated carbocycles. The first-order valence-electron chi connectivity index (χ1n) is 4.57. The van der Waals surface area contributed by atoms with Crippen molar-refractivity contribution in [2.24, 2.45) is 5.41 Å². The van der Waals surface area contributed by atoms with Gasteiger partial charge in [0, 0.05) is 0 Å². The quantitative estimate of drug-likeness (QED) is 0.534. The van der Waals surface area contributed by atoms with Gasteiger partial charge in [0.15, 0.2) is 0 Å². The second kappa shape index (κ2) is 2.23. The van der Waals surface area contributed by atoms with E-state index in [1.807, 2.05) is 0 Å². The molecule has 0 atom stereocenters. The minimum absolute atomic E-state index is 0.622. The first-order valence-corrected chi connectivity index (χ1v) is 4.57. The number of rotatable bonds is 1. The Labute approximate surface area is 69.0 Å². The van der Waals surface area contributed by atoms with Crippen LogP contribution in [0.3, 0.4) is 0 Å². The first kappa shape index (κ1) is 7.15. The molecule has 0 heteroatoms. The fourth-order valence-corrected chi connectivity index (χ4v) is 1.75. The molecule has 0 aromatic rings. The van der Waals surface area contributed by atoms with Crippen molar-refractivity contribution in [2.45, 2.75) is 39.5 Å². The zero-order valence-electron chi connectivity index (χ0n) is 7.48. The topological polar surface area (TPSA) is 0 Å². The van der Waals surface area contributed by atoms with Gasteiger partial charge in [0.2, 0.25) is 0 Å². The van der Waals surface area contributed by atoms with Crippen molar-refractivity contribution in [1.29, 1.82) is 0 Å². The van der Waals surface area contributed by atoms with Gasteiger partial charge in [-0.25, -0.2) is 0 Å². The van der Waals surface area contributed by atoms with Crippen LogP contribution < -0.4 is 0 Å². The number of allylic oxidation sites excluding steroid dienone is 4. The standard InChI is InChI=1S/C11H16/c1-9-3-5-10(6-4-9)11(2)7-8-11/h3,5H,4,6-8H2,1-2H3. The molecule has 0 N–H and O–H groups in total. The Bertz CT molecular complexity index is 226. The van der Waals surface area contributed by atoms with Gasteiger partial charge in [-0.3, -0.25) is 0 Å². The molecule has 2 aliphatic rings. The summed E-state index contributed by atoms with van der Waals surface area (Å²) < 4.78 is 0. The molecule has 0 aromatic heterocycles. The molecule has 60 valence electrons. The highest BCUT2D eigenvalue weighted by Gasteiger charge is 2.40. The van der Waals surface area contributed by atoms with Gasteiger partial charge >= 0.3 is 0 Å². The summed E-state index contributed by atoms with van der Waals surface area (Å²) in [6.45, 7) is 4.62. The maximum absolute atomic E-state index is 2.40. The lowest BCUT2D eigenvalue weighted by Gasteiger charge is -2.17. The van der Waals surface area contributed by atoms with E-state index in [0.717, 1.165) is 0 Å². The molecule has 0 radical (unpaired) electrons. The molecule has 0 heterocycles. The SMILES string of the molecule is CC1=CC=C(C2(C)CC2)CC1. The van der Waals surface area contributed by atoms with E-state index in [9.17, 15) is 0 Å². The third-order valence-corrected chi connectivity index (χ3v) is 3.13. The second-order valence-electron chi connectivity index (χ2n) is 4.27. The van der Waals surface area contributed by atoms with Gasteiger partial charge in [0.05, 0.1) is 0 Å². The normalized spacial score (nSPS) is 27.5. The Hall–Kier alpha value is -0.520. The van der Waals surface area contributed by atoms with E-state index < -0.39 is 0 Å². The smallest absolute Gasteiger partial charge is 0.0113 e. The highest BCUT2D eigenvalue weighted by molar-refractivity contribution is 5.30. The summed E-state index contributed by atoms with van der Waals surface area (Å²) in [4.78, 5) is 0. The summed E-state index contributed by atoms with van der Waals surface area (Å²) >= 11 is 0. The molecule has 0 amide bonds. The van der Waals surface area contributed by atoms with Crippen molar-refractivity contribution in [3.8, 4) is 0 Å². The van der Waals surface area contributed by atoms with Crippen LogP contribution in [-0.2, 0) is 0 Å². The van der Waals surface area contributed by atoms with Gasteiger partial charge in [-0.2, -0.15) is 0 Å². The predicted octanol–water partition coefficient (Wildman–Crippen LogP) is 3.45. The maximum atomic E-state index is 2.40. The van der Waals surface area contributed by atoms with E-state index >= 15 is 0 Å².